The van der Waals surface area contributed by atoms with Crippen LogP contribution in [-0.4, -0.2) is 35.6 Å². The lowest BCUT2D eigenvalue weighted by Gasteiger charge is -2.35. The highest BCUT2D eigenvalue weighted by Crippen LogP contribution is 2.28. The van der Waals surface area contributed by atoms with Gasteiger partial charge in [0.25, 0.3) is 0 Å². The molecule has 5 nitrogen and oxygen atoms in total. The van der Waals surface area contributed by atoms with E-state index in [-0.39, 0.29) is 12.4 Å². The van der Waals surface area contributed by atoms with Gasteiger partial charge in [0, 0.05) is 25.4 Å². The summed E-state index contributed by atoms with van der Waals surface area (Å²) in [7, 11) is 0. The summed E-state index contributed by atoms with van der Waals surface area (Å²) in [5.41, 5.74) is 9.15. The van der Waals surface area contributed by atoms with Gasteiger partial charge in [-0.1, -0.05) is 0 Å². The molecule has 1 saturated heterocycles. The molecule has 0 radical (unpaired) electrons. The van der Waals surface area contributed by atoms with Gasteiger partial charge in [0.1, 0.15) is 5.84 Å². The van der Waals surface area contributed by atoms with Gasteiger partial charge in [-0.05, 0) is 38.7 Å². The van der Waals surface area contributed by atoms with E-state index in [2.05, 4.69) is 9.88 Å². The molecule has 5 heteroatoms. The molecule has 1 aliphatic heterocycles. The van der Waals surface area contributed by atoms with Crippen molar-refractivity contribution in [3.63, 3.8) is 0 Å². The number of anilines is 1. The topological polar surface area (TPSA) is 86.2 Å². The monoisotopic (exact) mass is 262 g/mol. The summed E-state index contributed by atoms with van der Waals surface area (Å²) in [6, 6.07) is 1.99. The van der Waals surface area contributed by atoms with Gasteiger partial charge in [-0.15, -0.1) is 0 Å². The van der Waals surface area contributed by atoms with E-state index in [4.69, 9.17) is 11.1 Å². The number of nitrogens with one attached hydrogen (secondary N) is 1. The summed E-state index contributed by atoms with van der Waals surface area (Å²) in [5.74, 6) is 0.369. The molecule has 2 heterocycles. The highest BCUT2D eigenvalue weighted by atomic mass is 16.3. The Morgan fingerprint density at radius 2 is 2.32 bits per heavy atom. The molecule has 0 aliphatic carbocycles. The van der Waals surface area contributed by atoms with Crippen LogP contribution in [0.3, 0.4) is 0 Å². The van der Waals surface area contributed by atoms with Crippen LogP contribution in [0.5, 0.6) is 0 Å². The Bertz CT molecular complexity index is 487. The largest absolute Gasteiger partial charge is 0.396 e. The second-order valence-electron chi connectivity index (χ2n) is 5.29. The predicted molar refractivity (Wildman–Crippen MR) is 76.7 cm³/mol. The summed E-state index contributed by atoms with van der Waals surface area (Å²) < 4.78 is 0. The number of nitrogens with zero attached hydrogens (tertiary/aromatic N) is 2. The van der Waals surface area contributed by atoms with E-state index < -0.39 is 0 Å². The Labute approximate surface area is 114 Å². The lowest BCUT2D eigenvalue weighted by molar-refractivity contribution is 0.208. The fraction of sp³-hybridized carbons (Fsp3) is 0.571. The number of piperidine rings is 1. The number of pyridine rings is 1. The fourth-order valence-electron chi connectivity index (χ4n) is 2.82. The molecule has 1 fully saturated rings. The average molecular weight is 262 g/mol. The highest BCUT2D eigenvalue weighted by Gasteiger charge is 2.23. The number of rotatable bonds is 3. The summed E-state index contributed by atoms with van der Waals surface area (Å²) in [4.78, 5) is 6.62. The third-order valence-electron chi connectivity index (χ3n) is 3.69. The summed E-state index contributed by atoms with van der Waals surface area (Å²) in [5, 5.41) is 17.1. The van der Waals surface area contributed by atoms with Crippen LogP contribution in [0.25, 0.3) is 0 Å². The van der Waals surface area contributed by atoms with Crippen LogP contribution < -0.4 is 10.6 Å². The molecule has 0 aromatic carbocycles. The minimum atomic E-state index is 0.0612. The quantitative estimate of drug-likeness (QED) is 0.564. The summed E-state index contributed by atoms with van der Waals surface area (Å²) in [6.07, 6.45) is 2.12. The second-order valence-corrected chi connectivity index (χ2v) is 5.29. The van der Waals surface area contributed by atoms with E-state index in [1.807, 2.05) is 19.9 Å². The second kappa shape index (κ2) is 5.57. The first kappa shape index (κ1) is 13.8. The summed E-state index contributed by atoms with van der Waals surface area (Å²) >= 11 is 0. The zero-order valence-corrected chi connectivity index (χ0v) is 11.6. The fourth-order valence-corrected chi connectivity index (χ4v) is 2.82. The molecule has 0 amide bonds. The number of aliphatic hydroxyl groups is 1. The molecule has 1 unspecified atom stereocenters. The molecule has 4 N–H and O–H groups in total. The number of nitrogen functional groups attached to an aromatic ring is 1. The van der Waals surface area contributed by atoms with E-state index >= 15 is 0 Å². The Kier molecular flexibility index (Phi) is 4.04. The summed E-state index contributed by atoms with van der Waals surface area (Å²) in [6.45, 7) is 5.82. The van der Waals surface area contributed by atoms with Crippen molar-refractivity contribution in [1.82, 2.24) is 4.98 Å². The highest BCUT2D eigenvalue weighted by molar-refractivity contribution is 6.01. The van der Waals surface area contributed by atoms with Crippen molar-refractivity contribution in [2.24, 2.45) is 11.7 Å². The van der Waals surface area contributed by atoms with Crippen LogP contribution in [0.1, 0.15) is 29.8 Å². The molecule has 1 aromatic rings. The predicted octanol–water partition coefficient (Wildman–Crippen LogP) is 1.19. The van der Waals surface area contributed by atoms with E-state index in [0.717, 1.165) is 48.6 Å². The van der Waals surface area contributed by atoms with Gasteiger partial charge >= 0.3 is 0 Å². The van der Waals surface area contributed by atoms with Gasteiger partial charge in [-0.2, -0.15) is 0 Å². The third-order valence-corrected chi connectivity index (χ3v) is 3.69. The van der Waals surface area contributed by atoms with Crippen LogP contribution in [0, 0.1) is 25.2 Å². The number of aliphatic hydroxyl groups excluding tert-OH is 1. The first-order chi connectivity index (χ1) is 9.02. The molecule has 2 rings (SSSR count). The van der Waals surface area contributed by atoms with E-state index in [1.165, 1.54) is 0 Å². The standard InChI is InChI=1S/C14H22N4O/c1-9-6-12(13(14(15)16)10(2)17-9)18-5-3-4-11(7-18)8-19/h6,11,19H,3-5,7-8H2,1-2H3,(H3,15,16). The third kappa shape index (κ3) is 2.87. The maximum Gasteiger partial charge on any atom is 0.126 e. The Hall–Kier alpha value is -1.62. The van der Waals surface area contributed by atoms with E-state index in [1.54, 1.807) is 0 Å². The molecule has 1 atom stereocenters. The van der Waals surface area contributed by atoms with Crippen LogP contribution in [0.15, 0.2) is 6.07 Å². The molecule has 0 bridgehead atoms. The van der Waals surface area contributed by atoms with E-state index in [0.29, 0.717) is 5.92 Å². The van der Waals surface area contributed by atoms with E-state index in [9.17, 15) is 5.11 Å². The Morgan fingerprint density at radius 1 is 1.58 bits per heavy atom. The number of hydrogen-bond donors (Lipinski definition) is 3. The number of nitrogens with two attached hydrogens (primary N) is 1. The maximum absolute atomic E-state index is 9.34. The molecule has 1 aliphatic rings. The van der Waals surface area contributed by atoms with Crippen LogP contribution in [0.4, 0.5) is 5.69 Å². The lowest BCUT2D eigenvalue weighted by atomic mass is 9.97. The van der Waals surface area contributed by atoms with Gasteiger partial charge in [0.2, 0.25) is 0 Å². The molecule has 19 heavy (non-hydrogen) atoms. The molecule has 0 saturated carbocycles. The van der Waals surface area contributed by atoms with Crippen molar-refractivity contribution in [2.45, 2.75) is 26.7 Å². The Balaban J connectivity index is 2.40. The van der Waals surface area contributed by atoms with Crippen molar-refractivity contribution in [3.8, 4) is 0 Å². The van der Waals surface area contributed by atoms with Crippen molar-refractivity contribution >= 4 is 11.5 Å². The maximum atomic E-state index is 9.34. The van der Waals surface area contributed by atoms with Gasteiger partial charge in [0.15, 0.2) is 0 Å². The van der Waals surface area contributed by atoms with Gasteiger partial charge in [-0.25, -0.2) is 0 Å². The Morgan fingerprint density at radius 3 is 2.95 bits per heavy atom. The number of amidine groups is 1. The van der Waals surface area contributed by atoms with Crippen LogP contribution in [-0.2, 0) is 0 Å². The van der Waals surface area contributed by atoms with Gasteiger partial charge in [0.05, 0.1) is 16.9 Å². The minimum absolute atomic E-state index is 0.0612. The normalized spacial score (nSPS) is 19.5. The minimum Gasteiger partial charge on any atom is -0.396 e. The SMILES string of the molecule is Cc1cc(N2CCCC(CO)C2)c(C(=N)N)c(C)n1. The molecule has 0 spiro atoms. The van der Waals surface area contributed by atoms with Gasteiger partial charge in [-0.3, -0.25) is 10.4 Å². The van der Waals surface area contributed by atoms with Crippen molar-refractivity contribution in [2.75, 3.05) is 24.6 Å². The smallest absolute Gasteiger partial charge is 0.126 e. The number of aromatic nitrogens is 1. The first-order valence-electron chi connectivity index (χ1n) is 6.71. The molecular formula is C14H22N4O. The zero-order chi connectivity index (χ0) is 14.0. The number of hydrogen-bond acceptors (Lipinski definition) is 4. The van der Waals surface area contributed by atoms with Crippen molar-refractivity contribution < 1.29 is 5.11 Å². The van der Waals surface area contributed by atoms with Crippen LogP contribution in [0.2, 0.25) is 0 Å². The molecule has 1 aromatic heterocycles. The first-order valence-corrected chi connectivity index (χ1v) is 6.71. The van der Waals surface area contributed by atoms with Crippen LogP contribution >= 0.6 is 0 Å². The zero-order valence-electron chi connectivity index (χ0n) is 11.6. The van der Waals surface area contributed by atoms with Gasteiger partial charge < -0.3 is 15.7 Å². The average Bonchev–Trinajstić information content (AvgIpc) is 2.37. The lowest BCUT2D eigenvalue weighted by Crippen LogP contribution is -2.38. The molecular weight excluding hydrogens is 240 g/mol. The van der Waals surface area contributed by atoms with Crippen molar-refractivity contribution in [3.05, 3.63) is 23.0 Å². The van der Waals surface area contributed by atoms with Crippen molar-refractivity contribution in [1.29, 1.82) is 5.41 Å². The molecule has 104 valence electrons. The number of aryl methyl sites for hydroxylation is 2.